The summed E-state index contributed by atoms with van der Waals surface area (Å²) in [7, 11) is 0. The molecule has 9 rings (SSSR count). The van der Waals surface area contributed by atoms with Gasteiger partial charge in [-0.1, -0.05) is 50.2 Å². The molecular weight excluding hydrogens is 833 g/mol. The van der Waals surface area contributed by atoms with Crippen LogP contribution >= 0.6 is 11.3 Å². The minimum absolute atomic E-state index is 0.0564. The average Bonchev–Trinajstić information content (AvgIpc) is 4.12. The molecule has 5 aromatic rings. The van der Waals surface area contributed by atoms with Gasteiger partial charge in [0.25, 0.3) is 5.88 Å². The Kier molecular flexibility index (Phi) is 12.6. The smallest absolute Gasteiger partial charge is 0.254 e. The first-order valence-corrected chi connectivity index (χ1v) is 23.3. The van der Waals surface area contributed by atoms with Crippen molar-refractivity contribution < 1.29 is 29.1 Å². The number of nitrogens with one attached hydrogen (secondary N) is 2. The van der Waals surface area contributed by atoms with Crippen molar-refractivity contribution in [3.05, 3.63) is 83.2 Å². The van der Waals surface area contributed by atoms with Gasteiger partial charge >= 0.3 is 0 Å². The predicted molar refractivity (Wildman–Crippen MR) is 244 cm³/mol. The molecule has 338 valence electrons. The number of aromatic nitrogens is 4. The number of hydrogen-bond acceptors (Lipinski definition) is 15. The number of phenolic OH excluding ortho intramolecular Hbond substituents is 1. The van der Waals surface area contributed by atoms with Crippen molar-refractivity contribution in [2.24, 2.45) is 5.92 Å². The standard InChI is InChI=1S/C47H58N10O6S/c1-27(2)43(47(61)57-25-35(58)18-39(57)46(60)50-29(4)31-10-12-32(13-11-31)44-30(5)49-26-64-44)41-20-42(53-63-41)62-28(3)22-54-15-14-33(23-54)55-16-17-56-34(24-55)21-48-45-38(56)19-37(51-52-45)36-8-6-7-9-40(36)59/h6-13,19-20,26-29,33-35,39,43,58-59H,14-18,21-25H2,1-5H3,(H,48,52)(H,50,60)/t28-,29-,33+,34?,35+,39-,43+/m0/s1. The van der Waals surface area contributed by atoms with E-state index >= 15 is 0 Å². The van der Waals surface area contributed by atoms with Crippen LogP contribution < -0.4 is 20.3 Å². The maximum atomic E-state index is 14.3. The monoisotopic (exact) mass is 890 g/mol. The minimum atomic E-state index is -0.826. The molecule has 2 aromatic carbocycles. The number of ether oxygens (including phenoxy) is 1. The normalized spacial score (nSPS) is 22.7. The Hall–Kier alpha value is -5.62. The van der Waals surface area contributed by atoms with Crippen molar-refractivity contribution in [3.63, 3.8) is 0 Å². The number of aryl methyl sites for hydroxylation is 1. The van der Waals surface area contributed by atoms with Crippen LogP contribution in [0.15, 0.2) is 70.7 Å². The summed E-state index contributed by atoms with van der Waals surface area (Å²) in [5.74, 6) is 0.156. The largest absolute Gasteiger partial charge is 0.507 e. The quantitative estimate of drug-likeness (QED) is 0.119. The molecule has 4 N–H and O–H groups in total. The van der Waals surface area contributed by atoms with Crippen LogP contribution in [0.1, 0.15) is 69.5 Å². The van der Waals surface area contributed by atoms with Crippen molar-refractivity contribution in [2.45, 2.75) is 89.8 Å². The van der Waals surface area contributed by atoms with E-state index in [9.17, 15) is 19.8 Å². The number of aliphatic hydroxyl groups is 1. The lowest BCUT2D eigenvalue weighted by Crippen LogP contribution is -2.60. The maximum absolute atomic E-state index is 14.3. The number of fused-ring (bicyclic) bond motifs is 3. The zero-order chi connectivity index (χ0) is 44.6. The van der Waals surface area contributed by atoms with Crippen LogP contribution in [0.25, 0.3) is 21.7 Å². The molecule has 3 saturated heterocycles. The molecule has 7 atom stereocenters. The molecule has 3 fully saturated rings. The molecule has 0 saturated carbocycles. The summed E-state index contributed by atoms with van der Waals surface area (Å²) in [4.78, 5) is 42.5. The van der Waals surface area contributed by atoms with Gasteiger partial charge in [0, 0.05) is 69.9 Å². The Balaban J connectivity index is 0.773. The molecular formula is C47H58N10O6S. The van der Waals surface area contributed by atoms with Crippen LogP contribution in [0, 0.1) is 12.8 Å². The zero-order valence-corrected chi connectivity index (χ0v) is 37.9. The Labute approximate surface area is 377 Å². The maximum Gasteiger partial charge on any atom is 0.254 e. The number of benzene rings is 2. The number of carbonyl (C=O) groups excluding carboxylic acids is 2. The molecule has 4 aliphatic heterocycles. The molecule has 0 aliphatic carbocycles. The van der Waals surface area contributed by atoms with E-state index in [1.807, 2.05) is 82.6 Å². The summed E-state index contributed by atoms with van der Waals surface area (Å²) >= 11 is 1.59. The highest BCUT2D eigenvalue weighted by Gasteiger charge is 2.44. The third kappa shape index (κ3) is 9.03. The molecule has 64 heavy (non-hydrogen) atoms. The Morgan fingerprint density at radius 2 is 1.81 bits per heavy atom. The fourth-order valence-corrected chi connectivity index (χ4v) is 10.7. The predicted octanol–water partition coefficient (Wildman–Crippen LogP) is 5.31. The van der Waals surface area contributed by atoms with Gasteiger partial charge < -0.3 is 39.9 Å². The molecule has 17 heteroatoms. The Bertz CT molecular complexity index is 2440. The number of phenols is 1. The van der Waals surface area contributed by atoms with Crippen LogP contribution in [0.2, 0.25) is 0 Å². The van der Waals surface area contributed by atoms with E-state index in [1.165, 1.54) is 4.90 Å². The summed E-state index contributed by atoms with van der Waals surface area (Å²) in [6, 6.07) is 18.6. The van der Waals surface area contributed by atoms with E-state index in [1.54, 1.807) is 29.5 Å². The van der Waals surface area contributed by atoms with Crippen molar-refractivity contribution in [1.29, 1.82) is 0 Å². The number of amides is 2. The van der Waals surface area contributed by atoms with E-state index in [2.05, 4.69) is 45.7 Å². The second-order valence-electron chi connectivity index (χ2n) is 18.1. The topological polar surface area (TPSA) is 186 Å². The van der Waals surface area contributed by atoms with Gasteiger partial charge in [-0.2, -0.15) is 0 Å². The SMILES string of the molecule is Cc1ncsc1-c1ccc([C@H](C)NC(=O)[C@@H]2C[C@@H](O)CN2C(=O)[C@@H](c2cc(O[C@@H](C)CN3CC[C@@H](N4CCN5c6cc(-c7ccccc7O)nnc6NCC5C4)C3)no2)C(C)C)cc1. The number of anilines is 2. The number of β-amino-alcohol motifs (C(OH)–C–C–N with tert-alkyl or cyclic N) is 1. The van der Waals surface area contributed by atoms with Crippen molar-refractivity contribution in [1.82, 2.24) is 40.4 Å². The second-order valence-corrected chi connectivity index (χ2v) is 19.0. The van der Waals surface area contributed by atoms with Crippen LogP contribution in [0.3, 0.4) is 0 Å². The van der Waals surface area contributed by atoms with E-state index in [4.69, 9.17) is 9.26 Å². The molecule has 0 spiro atoms. The minimum Gasteiger partial charge on any atom is -0.507 e. The van der Waals surface area contributed by atoms with E-state index in [0.717, 1.165) is 78.9 Å². The number of hydrogen-bond donors (Lipinski definition) is 4. The highest BCUT2D eigenvalue weighted by atomic mass is 32.1. The second kappa shape index (κ2) is 18.5. The molecule has 1 unspecified atom stereocenters. The highest BCUT2D eigenvalue weighted by Crippen LogP contribution is 2.37. The third-order valence-corrected chi connectivity index (χ3v) is 14.2. The molecule has 7 heterocycles. The lowest BCUT2D eigenvalue weighted by atomic mass is 9.91. The first-order valence-electron chi connectivity index (χ1n) is 22.5. The lowest BCUT2D eigenvalue weighted by Gasteiger charge is -2.47. The number of carbonyl (C=O) groups is 2. The van der Waals surface area contributed by atoms with Gasteiger partial charge in [0.1, 0.15) is 23.8 Å². The van der Waals surface area contributed by atoms with Crippen molar-refractivity contribution >= 4 is 34.7 Å². The van der Waals surface area contributed by atoms with Gasteiger partial charge in [-0.05, 0) is 74.1 Å². The molecule has 0 bridgehead atoms. The molecule has 16 nitrogen and oxygen atoms in total. The van der Waals surface area contributed by atoms with Crippen molar-refractivity contribution in [3.8, 4) is 33.3 Å². The summed E-state index contributed by atoms with van der Waals surface area (Å²) in [6.45, 7) is 16.0. The highest BCUT2D eigenvalue weighted by molar-refractivity contribution is 7.13. The van der Waals surface area contributed by atoms with E-state index in [-0.39, 0.29) is 54.6 Å². The molecule has 2 amide bonds. The number of para-hydroxylation sites is 1. The number of piperazine rings is 1. The average molecular weight is 891 g/mol. The van der Waals surface area contributed by atoms with Gasteiger partial charge in [0.15, 0.2) is 11.6 Å². The van der Waals surface area contributed by atoms with Crippen molar-refractivity contribution in [2.75, 3.05) is 62.6 Å². The number of rotatable bonds is 13. The van der Waals surface area contributed by atoms with Gasteiger partial charge in [0.05, 0.1) is 45.7 Å². The summed E-state index contributed by atoms with van der Waals surface area (Å²) in [5, 5.41) is 40.8. The van der Waals surface area contributed by atoms with E-state index in [0.29, 0.717) is 35.5 Å². The number of likely N-dealkylation sites (tertiary alicyclic amines) is 2. The number of thiazole rings is 1. The number of nitrogens with zero attached hydrogens (tertiary/aromatic N) is 8. The van der Waals surface area contributed by atoms with Gasteiger partial charge in [-0.25, -0.2) is 4.98 Å². The van der Waals surface area contributed by atoms with Gasteiger partial charge in [-0.15, -0.1) is 21.5 Å². The number of aliphatic hydroxyl groups excluding tert-OH is 1. The molecule has 0 radical (unpaired) electrons. The molecule has 3 aromatic heterocycles. The van der Waals surface area contributed by atoms with Gasteiger partial charge in [-0.3, -0.25) is 19.4 Å². The first-order chi connectivity index (χ1) is 30.9. The van der Waals surface area contributed by atoms with Crippen LogP contribution in [0.5, 0.6) is 11.6 Å². The summed E-state index contributed by atoms with van der Waals surface area (Å²) in [6.07, 6.45) is 0.218. The zero-order valence-electron chi connectivity index (χ0n) is 37.1. The fourth-order valence-electron chi connectivity index (χ4n) is 9.94. The van der Waals surface area contributed by atoms with Gasteiger partial charge in [0.2, 0.25) is 11.8 Å². The van der Waals surface area contributed by atoms with Crippen LogP contribution in [-0.2, 0) is 9.59 Å². The summed E-state index contributed by atoms with van der Waals surface area (Å²) < 4.78 is 12.1. The Morgan fingerprint density at radius 1 is 1.00 bits per heavy atom. The van der Waals surface area contributed by atoms with Crippen LogP contribution in [-0.4, -0.2) is 140 Å². The Morgan fingerprint density at radius 3 is 2.58 bits per heavy atom. The fraction of sp³-hybridized carbons (Fsp3) is 0.489. The molecule has 4 aliphatic rings. The van der Waals surface area contributed by atoms with E-state index < -0.39 is 18.1 Å². The summed E-state index contributed by atoms with van der Waals surface area (Å²) in [5.41, 5.74) is 7.17. The lowest BCUT2D eigenvalue weighted by molar-refractivity contribution is -0.141. The number of aromatic hydroxyl groups is 1. The third-order valence-electron chi connectivity index (χ3n) is 13.3. The first kappa shape index (κ1) is 43.6. The van der Waals surface area contributed by atoms with Crippen LogP contribution in [0.4, 0.5) is 11.5 Å².